The molecule has 1 heterocycles. The summed E-state index contributed by atoms with van der Waals surface area (Å²) < 4.78 is 5.97. The predicted molar refractivity (Wildman–Crippen MR) is 79.4 cm³/mol. The van der Waals surface area contributed by atoms with Crippen molar-refractivity contribution in [1.82, 2.24) is 9.97 Å². The lowest BCUT2D eigenvalue weighted by Gasteiger charge is -2.11. The molecule has 3 rings (SSSR count). The van der Waals surface area contributed by atoms with E-state index in [2.05, 4.69) is 28.3 Å². The Balaban J connectivity index is 1.91. The number of para-hydroxylation sites is 1. The molecular weight excluding hydrogens is 250 g/mol. The lowest BCUT2D eigenvalue weighted by atomic mass is 10.1. The van der Waals surface area contributed by atoms with Crippen LogP contribution in [0.15, 0.2) is 30.3 Å². The van der Waals surface area contributed by atoms with Crippen LogP contribution in [0.25, 0.3) is 0 Å². The van der Waals surface area contributed by atoms with E-state index >= 15 is 0 Å². The van der Waals surface area contributed by atoms with Gasteiger partial charge in [0.1, 0.15) is 17.4 Å². The highest BCUT2D eigenvalue weighted by atomic mass is 16.5. The van der Waals surface area contributed by atoms with Gasteiger partial charge in [-0.25, -0.2) is 4.98 Å². The first-order chi connectivity index (χ1) is 9.80. The Hall–Kier alpha value is -2.10. The first-order valence-corrected chi connectivity index (χ1v) is 7.12. The summed E-state index contributed by atoms with van der Waals surface area (Å²) in [6.07, 6.45) is 3.30. The fraction of sp³-hybridized carbons (Fsp3) is 0.375. The van der Waals surface area contributed by atoms with Crippen LogP contribution in [0.5, 0.6) is 11.6 Å². The molecule has 0 atom stereocenters. The van der Waals surface area contributed by atoms with E-state index < -0.39 is 0 Å². The maximum Gasteiger partial charge on any atom is 0.224 e. The highest BCUT2D eigenvalue weighted by molar-refractivity contribution is 5.42. The van der Waals surface area contributed by atoms with Gasteiger partial charge in [-0.05, 0) is 30.9 Å². The molecule has 0 radical (unpaired) electrons. The van der Waals surface area contributed by atoms with Crippen molar-refractivity contribution < 1.29 is 4.74 Å². The maximum absolute atomic E-state index is 5.97. The van der Waals surface area contributed by atoms with Crippen molar-refractivity contribution in [3.8, 4) is 11.6 Å². The van der Waals surface area contributed by atoms with Gasteiger partial charge >= 0.3 is 0 Å². The third kappa shape index (κ3) is 2.74. The Morgan fingerprint density at radius 1 is 1.25 bits per heavy atom. The molecule has 1 aromatic carbocycles. The molecule has 0 unspecified atom stereocenters. The lowest BCUT2D eigenvalue weighted by molar-refractivity contribution is 0.454. The van der Waals surface area contributed by atoms with Gasteiger partial charge in [-0.1, -0.05) is 25.1 Å². The number of nitrogens with one attached hydrogen (secondary N) is 1. The van der Waals surface area contributed by atoms with Gasteiger partial charge in [0.15, 0.2) is 0 Å². The fourth-order valence-corrected chi connectivity index (χ4v) is 2.16. The average Bonchev–Trinajstić information content (AvgIpc) is 3.32. The van der Waals surface area contributed by atoms with Gasteiger partial charge in [0, 0.05) is 19.0 Å². The minimum absolute atomic E-state index is 0.507. The summed E-state index contributed by atoms with van der Waals surface area (Å²) in [6.45, 7) is 2.12. The van der Waals surface area contributed by atoms with E-state index in [9.17, 15) is 0 Å². The molecule has 0 saturated heterocycles. The number of benzene rings is 1. The SMILES string of the molecule is CCc1ccccc1Oc1cc(NC)nc(C2CC2)n1. The smallest absolute Gasteiger partial charge is 0.224 e. The number of hydrogen-bond donors (Lipinski definition) is 1. The van der Waals surface area contributed by atoms with Gasteiger partial charge < -0.3 is 10.1 Å². The number of ether oxygens (including phenoxy) is 1. The van der Waals surface area contributed by atoms with E-state index in [1.54, 1.807) is 0 Å². The molecule has 20 heavy (non-hydrogen) atoms. The molecule has 104 valence electrons. The van der Waals surface area contributed by atoms with Gasteiger partial charge in [-0.3, -0.25) is 0 Å². The monoisotopic (exact) mass is 269 g/mol. The summed E-state index contributed by atoms with van der Waals surface area (Å²) >= 11 is 0. The van der Waals surface area contributed by atoms with Crippen LogP contribution in [0.2, 0.25) is 0 Å². The van der Waals surface area contributed by atoms with Crippen molar-refractivity contribution in [2.45, 2.75) is 32.1 Å². The van der Waals surface area contributed by atoms with Gasteiger partial charge in [-0.15, -0.1) is 0 Å². The minimum Gasteiger partial charge on any atom is -0.439 e. The molecule has 1 N–H and O–H groups in total. The summed E-state index contributed by atoms with van der Waals surface area (Å²) in [7, 11) is 1.86. The molecule has 4 heteroatoms. The van der Waals surface area contributed by atoms with E-state index in [4.69, 9.17) is 4.74 Å². The first-order valence-electron chi connectivity index (χ1n) is 7.12. The molecule has 0 bridgehead atoms. The highest BCUT2D eigenvalue weighted by Crippen LogP contribution is 2.39. The molecule has 1 aliphatic carbocycles. The van der Waals surface area contributed by atoms with Crippen LogP contribution < -0.4 is 10.1 Å². The third-order valence-corrected chi connectivity index (χ3v) is 3.49. The zero-order valence-corrected chi connectivity index (χ0v) is 11.9. The summed E-state index contributed by atoms with van der Waals surface area (Å²) in [5.74, 6) is 3.70. The number of hydrogen-bond acceptors (Lipinski definition) is 4. The Morgan fingerprint density at radius 2 is 2.05 bits per heavy atom. The first kappa shape index (κ1) is 12.9. The van der Waals surface area contributed by atoms with Crippen molar-refractivity contribution in [3.63, 3.8) is 0 Å². The van der Waals surface area contributed by atoms with E-state index in [0.717, 1.165) is 23.8 Å². The zero-order chi connectivity index (χ0) is 13.9. The maximum atomic E-state index is 5.97. The molecule has 4 nitrogen and oxygen atoms in total. The van der Waals surface area contributed by atoms with Crippen LogP contribution in [-0.4, -0.2) is 17.0 Å². The van der Waals surface area contributed by atoms with Crippen molar-refractivity contribution in [2.75, 3.05) is 12.4 Å². The third-order valence-electron chi connectivity index (χ3n) is 3.49. The molecule has 0 aliphatic heterocycles. The van der Waals surface area contributed by atoms with Crippen molar-refractivity contribution >= 4 is 5.82 Å². The number of aromatic nitrogens is 2. The normalized spacial score (nSPS) is 14.1. The van der Waals surface area contributed by atoms with E-state index in [1.807, 2.05) is 31.3 Å². The molecule has 1 fully saturated rings. The van der Waals surface area contributed by atoms with E-state index in [0.29, 0.717) is 11.8 Å². The second-order valence-electron chi connectivity index (χ2n) is 5.04. The molecule has 1 aliphatic rings. The summed E-state index contributed by atoms with van der Waals surface area (Å²) in [4.78, 5) is 9.04. The molecule has 1 saturated carbocycles. The zero-order valence-electron chi connectivity index (χ0n) is 11.9. The van der Waals surface area contributed by atoms with Gasteiger partial charge in [0.05, 0.1) is 0 Å². The van der Waals surface area contributed by atoms with Gasteiger partial charge in [0.2, 0.25) is 5.88 Å². The number of aryl methyl sites for hydroxylation is 1. The minimum atomic E-state index is 0.507. The average molecular weight is 269 g/mol. The Morgan fingerprint density at radius 3 is 2.75 bits per heavy atom. The van der Waals surface area contributed by atoms with E-state index in [-0.39, 0.29) is 0 Å². The Bertz CT molecular complexity index is 608. The summed E-state index contributed by atoms with van der Waals surface area (Å²) in [5, 5.41) is 3.07. The van der Waals surface area contributed by atoms with Crippen LogP contribution in [-0.2, 0) is 6.42 Å². The Kier molecular flexibility index (Phi) is 3.54. The standard InChI is InChI=1S/C16H19N3O/c1-3-11-6-4-5-7-13(11)20-15-10-14(17-2)18-16(19-15)12-8-9-12/h4-7,10,12H,3,8-9H2,1-2H3,(H,17,18,19). The predicted octanol–water partition coefficient (Wildman–Crippen LogP) is 3.75. The second-order valence-corrected chi connectivity index (χ2v) is 5.04. The van der Waals surface area contributed by atoms with Crippen LogP contribution in [0.3, 0.4) is 0 Å². The summed E-state index contributed by atoms with van der Waals surface area (Å²) in [6, 6.07) is 9.92. The van der Waals surface area contributed by atoms with Crippen LogP contribution in [0, 0.1) is 0 Å². The second kappa shape index (κ2) is 5.49. The molecule has 0 amide bonds. The largest absolute Gasteiger partial charge is 0.439 e. The Labute approximate surface area is 119 Å². The van der Waals surface area contributed by atoms with Crippen LogP contribution >= 0.6 is 0 Å². The van der Waals surface area contributed by atoms with Crippen LogP contribution in [0.4, 0.5) is 5.82 Å². The number of rotatable bonds is 5. The highest BCUT2D eigenvalue weighted by Gasteiger charge is 2.27. The fourth-order valence-electron chi connectivity index (χ4n) is 2.16. The number of nitrogens with zero attached hydrogens (tertiary/aromatic N) is 2. The molecule has 2 aromatic rings. The molecule has 1 aromatic heterocycles. The van der Waals surface area contributed by atoms with Crippen molar-refractivity contribution in [2.24, 2.45) is 0 Å². The van der Waals surface area contributed by atoms with Gasteiger partial charge in [0.25, 0.3) is 0 Å². The topological polar surface area (TPSA) is 47.0 Å². The van der Waals surface area contributed by atoms with Crippen LogP contribution in [0.1, 0.15) is 37.1 Å². The molecule has 0 spiro atoms. The molecular formula is C16H19N3O. The number of anilines is 1. The quantitative estimate of drug-likeness (QED) is 0.898. The van der Waals surface area contributed by atoms with Gasteiger partial charge in [-0.2, -0.15) is 4.98 Å². The van der Waals surface area contributed by atoms with E-state index in [1.165, 1.54) is 18.4 Å². The summed E-state index contributed by atoms with van der Waals surface area (Å²) in [5.41, 5.74) is 1.19. The van der Waals surface area contributed by atoms with Crippen molar-refractivity contribution in [3.05, 3.63) is 41.7 Å². The lowest BCUT2D eigenvalue weighted by Crippen LogP contribution is -2.01. The van der Waals surface area contributed by atoms with Crippen molar-refractivity contribution in [1.29, 1.82) is 0 Å².